The van der Waals surface area contributed by atoms with Crippen molar-refractivity contribution >= 4 is 35.1 Å². The molecule has 0 unspecified atom stereocenters. The Morgan fingerprint density at radius 3 is 2.37 bits per heavy atom. The Balaban J connectivity index is 1.67. The molecule has 7 nitrogen and oxygen atoms in total. The van der Waals surface area contributed by atoms with Crippen LogP contribution in [0.15, 0.2) is 36.5 Å². The number of amides is 3. The van der Waals surface area contributed by atoms with Gasteiger partial charge in [0.1, 0.15) is 12.1 Å². The highest BCUT2D eigenvalue weighted by Crippen LogP contribution is 2.48. The lowest BCUT2D eigenvalue weighted by Gasteiger charge is -2.56. The summed E-state index contributed by atoms with van der Waals surface area (Å²) in [7, 11) is 3.14. The molecule has 35 heavy (non-hydrogen) atoms. The smallest absolute Gasteiger partial charge is 0.349 e. The van der Waals surface area contributed by atoms with E-state index < -0.39 is 47.4 Å². The first-order chi connectivity index (χ1) is 16.3. The van der Waals surface area contributed by atoms with E-state index in [4.69, 9.17) is 11.6 Å². The quantitative estimate of drug-likeness (QED) is 0.588. The minimum atomic E-state index is -4.51. The third kappa shape index (κ3) is 4.44. The maximum absolute atomic E-state index is 14.6. The number of carbonyl (C=O) groups is 3. The van der Waals surface area contributed by atoms with Crippen molar-refractivity contribution in [2.45, 2.75) is 31.1 Å². The maximum Gasteiger partial charge on any atom is 0.416 e. The number of carbonyl (C=O) groups excluding carboxylic acids is 3. The number of anilines is 1. The predicted molar refractivity (Wildman–Crippen MR) is 118 cm³/mol. The van der Waals surface area contributed by atoms with E-state index in [9.17, 15) is 31.9 Å². The molecule has 0 N–H and O–H groups in total. The zero-order valence-electron chi connectivity index (χ0n) is 18.8. The summed E-state index contributed by atoms with van der Waals surface area (Å²) in [5.41, 5.74) is -1.92. The summed E-state index contributed by atoms with van der Waals surface area (Å²) >= 11 is 5.76. The van der Waals surface area contributed by atoms with Crippen molar-refractivity contribution in [1.29, 1.82) is 0 Å². The summed E-state index contributed by atoms with van der Waals surface area (Å²) in [6, 6.07) is 5.25. The summed E-state index contributed by atoms with van der Waals surface area (Å²) in [6.45, 7) is -0.658. The molecule has 12 heteroatoms. The Kier molecular flexibility index (Phi) is 6.25. The van der Waals surface area contributed by atoms with Gasteiger partial charge < -0.3 is 9.80 Å². The third-order valence-corrected chi connectivity index (χ3v) is 6.59. The van der Waals surface area contributed by atoms with Gasteiger partial charge in [-0.15, -0.1) is 0 Å². The first-order valence-electron chi connectivity index (χ1n) is 10.6. The first kappa shape index (κ1) is 24.9. The summed E-state index contributed by atoms with van der Waals surface area (Å²) < 4.78 is 53.4. The van der Waals surface area contributed by atoms with Crippen molar-refractivity contribution in [1.82, 2.24) is 14.8 Å². The van der Waals surface area contributed by atoms with Crippen molar-refractivity contribution in [2.75, 3.05) is 25.5 Å². The van der Waals surface area contributed by atoms with Crippen molar-refractivity contribution in [3.05, 3.63) is 58.5 Å². The van der Waals surface area contributed by atoms with Crippen molar-refractivity contribution in [2.24, 2.45) is 5.92 Å². The van der Waals surface area contributed by atoms with E-state index in [2.05, 4.69) is 4.98 Å². The Hall–Kier alpha value is -3.21. The summed E-state index contributed by atoms with van der Waals surface area (Å²) in [4.78, 5) is 46.8. The van der Waals surface area contributed by atoms with Crippen LogP contribution in [-0.4, -0.2) is 58.7 Å². The van der Waals surface area contributed by atoms with Crippen molar-refractivity contribution in [3.63, 3.8) is 0 Å². The fourth-order valence-electron chi connectivity index (χ4n) is 4.59. The van der Waals surface area contributed by atoms with Crippen LogP contribution in [0.2, 0.25) is 5.02 Å². The molecule has 3 amide bonds. The van der Waals surface area contributed by atoms with Gasteiger partial charge in [-0.25, -0.2) is 9.37 Å². The highest BCUT2D eigenvalue weighted by molar-refractivity contribution is 6.30. The monoisotopic (exact) mass is 512 g/mol. The Labute approximate surface area is 203 Å². The molecule has 2 fully saturated rings. The van der Waals surface area contributed by atoms with Gasteiger partial charge in [0.15, 0.2) is 11.6 Å². The average Bonchev–Trinajstić information content (AvgIpc) is 2.74. The van der Waals surface area contributed by atoms with Gasteiger partial charge in [-0.1, -0.05) is 23.7 Å². The number of rotatable bonds is 4. The van der Waals surface area contributed by atoms with Gasteiger partial charge in [0, 0.05) is 32.8 Å². The van der Waals surface area contributed by atoms with Crippen LogP contribution in [-0.2, 0) is 27.1 Å². The Morgan fingerprint density at radius 1 is 1.20 bits per heavy atom. The van der Waals surface area contributed by atoms with E-state index in [0.717, 1.165) is 29.3 Å². The fourth-order valence-corrected chi connectivity index (χ4v) is 4.73. The van der Waals surface area contributed by atoms with Gasteiger partial charge in [-0.05, 0) is 36.6 Å². The molecule has 0 bridgehead atoms. The summed E-state index contributed by atoms with van der Waals surface area (Å²) in [5, 5.41) is 0.0148. The van der Waals surface area contributed by atoms with Gasteiger partial charge in [0.2, 0.25) is 11.8 Å². The summed E-state index contributed by atoms with van der Waals surface area (Å²) in [6.07, 6.45) is -3.36. The van der Waals surface area contributed by atoms with Crippen LogP contribution < -0.4 is 4.90 Å². The number of benzene rings is 1. The number of pyridine rings is 1. The van der Waals surface area contributed by atoms with Gasteiger partial charge in [-0.2, -0.15) is 13.2 Å². The van der Waals surface area contributed by atoms with Crippen LogP contribution in [0.4, 0.5) is 23.4 Å². The predicted octanol–water partition coefficient (Wildman–Crippen LogP) is 3.51. The Bertz CT molecular complexity index is 1180. The fraction of sp³-hybridized carbons (Fsp3) is 0.391. The normalized spacial score (nSPS) is 22.4. The van der Waals surface area contributed by atoms with Crippen LogP contribution in [0.3, 0.4) is 0 Å². The number of halogens is 5. The SMILES string of the molecule is CN(C)C(=O)[C@H]1C[C@@]2(C1)C(=O)N(c1ncc(Cl)cc1F)CC(=O)N2Cc1ccc(C(F)(F)F)cc1. The lowest BCUT2D eigenvalue weighted by atomic mass is 9.64. The third-order valence-electron chi connectivity index (χ3n) is 6.38. The minimum absolute atomic E-state index is 0.000923. The molecular weight excluding hydrogens is 492 g/mol. The molecule has 2 aliphatic rings. The van der Waals surface area contributed by atoms with E-state index in [1.54, 1.807) is 14.1 Å². The maximum atomic E-state index is 14.6. The molecule has 1 spiro atoms. The number of hydrogen-bond donors (Lipinski definition) is 0. The molecule has 1 aromatic heterocycles. The average molecular weight is 513 g/mol. The lowest BCUT2D eigenvalue weighted by molar-refractivity contribution is -0.167. The molecule has 1 aromatic carbocycles. The second-order valence-corrected chi connectivity index (χ2v) is 9.33. The molecule has 2 aromatic rings. The molecule has 1 saturated heterocycles. The standard InChI is InChI=1S/C23H21ClF4N4O3/c1-30(2)20(34)14-8-22(9-14)21(35)31(19-17(25)7-16(24)10-29-19)12-18(33)32(22)11-13-3-5-15(6-4-13)23(26,27)28/h3-7,10,14H,8-9,11-12H2,1-2H3/t14-,22+. The largest absolute Gasteiger partial charge is 0.416 e. The molecule has 1 aliphatic heterocycles. The summed E-state index contributed by atoms with van der Waals surface area (Å²) in [5.74, 6) is -3.16. The van der Waals surface area contributed by atoms with Crippen molar-refractivity contribution < 1.29 is 31.9 Å². The molecule has 0 atom stereocenters. The second-order valence-electron chi connectivity index (χ2n) is 8.89. The number of alkyl halides is 3. The molecule has 2 heterocycles. The second kappa shape index (κ2) is 8.78. The van der Waals surface area contributed by atoms with E-state index in [1.807, 2.05) is 0 Å². The van der Waals surface area contributed by atoms with Crippen LogP contribution >= 0.6 is 11.6 Å². The van der Waals surface area contributed by atoms with E-state index >= 15 is 0 Å². The van der Waals surface area contributed by atoms with Gasteiger partial charge in [0.05, 0.1) is 10.6 Å². The molecular formula is C23H21ClF4N4O3. The van der Waals surface area contributed by atoms with E-state index in [-0.39, 0.29) is 36.1 Å². The zero-order valence-corrected chi connectivity index (χ0v) is 19.5. The van der Waals surface area contributed by atoms with Crippen LogP contribution in [0.25, 0.3) is 0 Å². The first-order valence-corrected chi connectivity index (χ1v) is 11.0. The number of hydrogen-bond acceptors (Lipinski definition) is 4. The zero-order chi connectivity index (χ0) is 25.7. The molecule has 186 valence electrons. The number of piperazine rings is 1. The van der Waals surface area contributed by atoms with Crippen LogP contribution in [0.5, 0.6) is 0 Å². The molecule has 1 saturated carbocycles. The van der Waals surface area contributed by atoms with Crippen LogP contribution in [0, 0.1) is 11.7 Å². The van der Waals surface area contributed by atoms with Gasteiger partial charge >= 0.3 is 6.18 Å². The number of nitrogens with zero attached hydrogens (tertiary/aromatic N) is 4. The van der Waals surface area contributed by atoms with Crippen LogP contribution in [0.1, 0.15) is 24.0 Å². The Morgan fingerprint density at radius 2 is 1.83 bits per heavy atom. The van der Waals surface area contributed by atoms with E-state index in [1.165, 1.54) is 21.9 Å². The van der Waals surface area contributed by atoms with E-state index in [0.29, 0.717) is 5.56 Å². The lowest BCUT2D eigenvalue weighted by Crippen LogP contribution is -2.73. The van der Waals surface area contributed by atoms with Gasteiger partial charge in [-0.3, -0.25) is 19.3 Å². The molecule has 4 rings (SSSR count). The highest BCUT2D eigenvalue weighted by Gasteiger charge is 2.62. The topological polar surface area (TPSA) is 73.8 Å². The number of aromatic nitrogens is 1. The minimum Gasteiger partial charge on any atom is -0.349 e. The highest BCUT2D eigenvalue weighted by atomic mass is 35.5. The van der Waals surface area contributed by atoms with Crippen molar-refractivity contribution in [3.8, 4) is 0 Å². The van der Waals surface area contributed by atoms with Gasteiger partial charge in [0.25, 0.3) is 5.91 Å². The molecule has 1 aliphatic carbocycles. The molecule has 0 radical (unpaired) electrons.